The summed E-state index contributed by atoms with van der Waals surface area (Å²) in [5.41, 5.74) is 1.79. The Morgan fingerprint density at radius 2 is 1.68 bits per heavy atom. The second kappa shape index (κ2) is 10.6. The van der Waals surface area contributed by atoms with Crippen LogP contribution in [0, 0.1) is 17.8 Å². The summed E-state index contributed by atoms with van der Waals surface area (Å²) in [6.45, 7) is 5.83. The maximum Gasteiger partial charge on any atom is 0.229 e. The molecule has 1 heterocycles. The van der Waals surface area contributed by atoms with Gasteiger partial charge in [-0.15, -0.1) is 0 Å². The van der Waals surface area contributed by atoms with E-state index >= 15 is 0 Å². The maximum absolute atomic E-state index is 13.8. The fraction of sp³-hybridized carbons (Fsp3) is 0.406. The molecule has 2 aliphatic rings. The summed E-state index contributed by atoms with van der Waals surface area (Å²) < 4.78 is 11.8. The minimum atomic E-state index is -1.02. The predicted octanol–water partition coefficient (Wildman–Crippen LogP) is 5.77. The van der Waals surface area contributed by atoms with Gasteiger partial charge in [-0.05, 0) is 49.3 Å². The molecule has 0 bridgehead atoms. The Morgan fingerprint density at radius 1 is 1.00 bits per heavy atom. The molecule has 1 saturated heterocycles. The molecule has 5 atom stereocenters. The van der Waals surface area contributed by atoms with Crippen molar-refractivity contribution in [1.29, 1.82) is 0 Å². The zero-order chi connectivity index (χ0) is 26.0. The number of rotatable bonds is 7. The van der Waals surface area contributed by atoms with Crippen molar-refractivity contribution < 1.29 is 19.4 Å². The number of hydrogen-bond donors (Lipinski definition) is 1. The molecule has 1 aliphatic heterocycles. The van der Waals surface area contributed by atoms with Gasteiger partial charge in [-0.3, -0.25) is 4.79 Å². The Bertz CT molecular complexity index is 1230. The Kier molecular flexibility index (Phi) is 7.25. The number of aliphatic hydroxyl groups is 1. The normalized spacial score (nSPS) is 25.8. The van der Waals surface area contributed by atoms with Crippen molar-refractivity contribution >= 4 is 5.91 Å². The molecule has 194 valence electrons. The van der Waals surface area contributed by atoms with Crippen LogP contribution in [0.25, 0.3) is 0 Å². The molecule has 0 unspecified atom stereocenters. The van der Waals surface area contributed by atoms with Gasteiger partial charge in [0.05, 0.1) is 18.6 Å². The Balaban J connectivity index is 1.36. The van der Waals surface area contributed by atoms with Crippen molar-refractivity contribution in [3.63, 3.8) is 0 Å². The molecule has 3 aromatic rings. The van der Waals surface area contributed by atoms with Crippen molar-refractivity contribution in [3.8, 4) is 11.5 Å². The van der Waals surface area contributed by atoms with Gasteiger partial charge in [-0.25, -0.2) is 0 Å². The van der Waals surface area contributed by atoms with E-state index in [0.717, 1.165) is 28.9 Å². The molecule has 1 saturated carbocycles. The van der Waals surface area contributed by atoms with Gasteiger partial charge in [0, 0.05) is 30.1 Å². The third kappa shape index (κ3) is 4.97. The molecular formula is C32H37NO4. The lowest BCUT2D eigenvalue weighted by molar-refractivity contribution is -0.132. The van der Waals surface area contributed by atoms with Crippen LogP contribution < -0.4 is 9.47 Å². The first kappa shape index (κ1) is 25.3. The maximum atomic E-state index is 13.8. The molecule has 37 heavy (non-hydrogen) atoms. The summed E-state index contributed by atoms with van der Waals surface area (Å²) in [6, 6.07) is 25.6. The van der Waals surface area contributed by atoms with Gasteiger partial charge in [-0.2, -0.15) is 0 Å². The lowest BCUT2D eigenvalue weighted by Gasteiger charge is -2.44. The molecule has 2 fully saturated rings. The van der Waals surface area contributed by atoms with Gasteiger partial charge in [0.1, 0.15) is 18.1 Å². The number of ether oxygens (including phenoxy) is 2. The second-order valence-electron chi connectivity index (χ2n) is 10.8. The molecule has 5 heteroatoms. The molecule has 0 radical (unpaired) electrons. The van der Waals surface area contributed by atoms with Crippen LogP contribution in [-0.4, -0.2) is 36.1 Å². The van der Waals surface area contributed by atoms with Crippen LogP contribution in [0.3, 0.4) is 0 Å². The molecular weight excluding hydrogens is 462 g/mol. The Morgan fingerprint density at radius 3 is 2.43 bits per heavy atom. The number of likely N-dealkylation sites (tertiary alicyclic amines) is 1. The fourth-order valence-corrected chi connectivity index (χ4v) is 6.54. The van der Waals surface area contributed by atoms with Crippen LogP contribution in [0.15, 0.2) is 78.9 Å². The molecule has 1 aliphatic carbocycles. The van der Waals surface area contributed by atoms with E-state index in [9.17, 15) is 9.90 Å². The van der Waals surface area contributed by atoms with Crippen LogP contribution >= 0.6 is 0 Å². The van der Waals surface area contributed by atoms with Crippen molar-refractivity contribution in [2.45, 2.75) is 44.8 Å². The van der Waals surface area contributed by atoms with Crippen LogP contribution in [0.2, 0.25) is 0 Å². The molecule has 1 amide bonds. The van der Waals surface area contributed by atoms with Gasteiger partial charge in [0.25, 0.3) is 0 Å². The minimum Gasteiger partial charge on any atom is -0.496 e. The highest BCUT2D eigenvalue weighted by molar-refractivity contribution is 5.84. The summed E-state index contributed by atoms with van der Waals surface area (Å²) in [5, 5.41) is 12.1. The van der Waals surface area contributed by atoms with Crippen LogP contribution in [0.4, 0.5) is 0 Å². The van der Waals surface area contributed by atoms with E-state index in [4.69, 9.17) is 9.47 Å². The average molecular weight is 500 g/mol. The highest BCUT2D eigenvalue weighted by Crippen LogP contribution is 2.52. The third-order valence-corrected chi connectivity index (χ3v) is 8.30. The first-order valence-corrected chi connectivity index (χ1v) is 13.3. The summed E-state index contributed by atoms with van der Waals surface area (Å²) in [7, 11) is 1.65. The number of benzene rings is 3. The van der Waals surface area contributed by atoms with E-state index in [0.29, 0.717) is 37.8 Å². The Labute approximate surface area is 220 Å². The standard InChI is InChI=1S/C32H37NO4/c1-22-17-25-19-33(20-28(25)32(35,18-22)27-14-8-10-16-30(27)36-3)31(34)23(2)26-13-7-9-15-29(26)37-21-24-11-5-4-6-12-24/h4-16,22-23,25,28,35H,17-21H2,1-3H3/t22-,23+,25+,28-,32-/m1/s1. The number of carbonyl (C=O) groups is 1. The van der Waals surface area contributed by atoms with Crippen LogP contribution in [-0.2, 0) is 17.0 Å². The van der Waals surface area contributed by atoms with E-state index in [1.165, 1.54) is 0 Å². The Hall–Kier alpha value is -3.31. The smallest absolute Gasteiger partial charge is 0.229 e. The molecule has 1 N–H and O–H groups in total. The topological polar surface area (TPSA) is 59.0 Å². The van der Waals surface area contributed by atoms with E-state index < -0.39 is 5.60 Å². The van der Waals surface area contributed by atoms with E-state index in [1.54, 1.807) is 7.11 Å². The van der Waals surface area contributed by atoms with E-state index in [2.05, 4.69) is 6.92 Å². The second-order valence-corrected chi connectivity index (χ2v) is 10.8. The first-order chi connectivity index (χ1) is 17.9. The third-order valence-electron chi connectivity index (χ3n) is 8.30. The summed E-state index contributed by atoms with van der Waals surface area (Å²) in [5.74, 6) is 1.77. The zero-order valence-corrected chi connectivity index (χ0v) is 22.0. The first-order valence-electron chi connectivity index (χ1n) is 13.3. The van der Waals surface area contributed by atoms with Crippen molar-refractivity contribution in [1.82, 2.24) is 4.90 Å². The highest BCUT2D eigenvalue weighted by atomic mass is 16.5. The van der Waals surface area contributed by atoms with Crippen LogP contribution in [0.1, 0.15) is 49.3 Å². The molecule has 0 spiro atoms. The van der Waals surface area contributed by atoms with Crippen molar-refractivity contribution in [3.05, 3.63) is 95.6 Å². The fourth-order valence-electron chi connectivity index (χ4n) is 6.54. The zero-order valence-electron chi connectivity index (χ0n) is 22.0. The lowest BCUT2D eigenvalue weighted by Crippen LogP contribution is -2.45. The SMILES string of the molecule is COc1ccccc1[C@]1(O)C[C@H](C)C[C@H]2CN(C(=O)[C@@H](C)c3ccccc3OCc3ccccc3)C[C@H]21. The minimum absolute atomic E-state index is 0.0271. The monoisotopic (exact) mass is 499 g/mol. The van der Waals surface area contributed by atoms with E-state index in [-0.39, 0.29) is 23.7 Å². The largest absolute Gasteiger partial charge is 0.496 e. The predicted molar refractivity (Wildman–Crippen MR) is 144 cm³/mol. The number of para-hydroxylation sites is 2. The lowest BCUT2D eigenvalue weighted by atomic mass is 9.64. The number of fused-ring (bicyclic) bond motifs is 1. The van der Waals surface area contributed by atoms with Gasteiger partial charge < -0.3 is 19.5 Å². The van der Waals surface area contributed by atoms with Crippen LogP contribution in [0.5, 0.6) is 11.5 Å². The van der Waals surface area contributed by atoms with E-state index in [1.807, 2.05) is 90.7 Å². The molecule has 3 aromatic carbocycles. The number of amides is 1. The summed E-state index contributed by atoms with van der Waals surface area (Å²) in [4.78, 5) is 15.8. The highest BCUT2D eigenvalue weighted by Gasteiger charge is 2.53. The number of nitrogens with zero attached hydrogens (tertiary/aromatic N) is 1. The van der Waals surface area contributed by atoms with Gasteiger partial charge in [-0.1, -0.05) is 73.7 Å². The van der Waals surface area contributed by atoms with Gasteiger partial charge in [0.15, 0.2) is 0 Å². The molecule has 0 aromatic heterocycles. The number of carbonyl (C=O) groups excluding carboxylic acids is 1. The van der Waals surface area contributed by atoms with Crippen molar-refractivity contribution in [2.75, 3.05) is 20.2 Å². The number of methoxy groups -OCH3 is 1. The molecule has 5 rings (SSSR count). The molecule has 5 nitrogen and oxygen atoms in total. The summed E-state index contributed by atoms with van der Waals surface area (Å²) in [6.07, 6.45) is 1.68. The average Bonchev–Trinajstić information content (AvgIpc) is 3.36. The van der Waals surface area contributed by atoms with Gasteiger partial charge >= 0.3 is 0 Å². The summed E-state index contributed by atoms with van der Waals surface area (Å²) >= 11 is 0. The van der Waals surface area contributed by atoms with Crippen molar-refractivity contribution in [2.24, 2.45) is 17.8 Å². The number of hydrogen-bond acceptors (Lipinski definition) is 4. The quantitative estimate of drug-likeness (QED) is 0.448. The van der Waals surface area contributed by atoms with Gasteiger partial charge in [0.2, 0.25) is 5.91 Å².